The molecule has 1 nitrogen and oxygen atoms in total. The summed E-state index contributed by atoms with van der Waals surface area (Å²) in [6.07, 6.45) is 0.795. The standard InChI is InChI=1S/C15H13FO/c1-10-3-6-15(16)14(7-10)13-5-4-12(9-17)8-11(13)2/h3-9H,1-2H3. The van der Waals surface area contributed by atoms with Crippen LogP contribution in [0.25, 0.3) is 11.1 Å². The Labute approximate surface area is 99.9 Å². The topological polar surface area (TPSA) is 17.1 Å². The van der Waals surface area contributed by atoms with Crippen molar-refractivity contribution in [3.05, 3.63) is 58.9 Å². The minimum Gasteiger partial charge on any atom is -0.298 e. The van der Waals surface area contributed by atoms with Crippen molar-refractivity contribution < 1.29 is 9.18 Å². The molecular weight excluding hydrogens is 215 g/mol. The van der Waals surface area contributed by atoms with Crippen LogP contribution in [0.2, 0.25) is 0 Å². The van der Waals surface area contributed by atoms with Crippen molar-refractivity contribution in [2.24, 2.45) is 0 Å². The molecule has 0 saturated carbocycles. The van der Waals surface area contributed by atoms with E-state index in [1.165, 1.54) is 6.07 Å². The molecule has 2 aromatic carbocycles. The Morgan fingerprint density at radius 2 is 1.76 bits per heavy atom. The highest BCUT2D eigenvalue weighted by molar-refractivity contribution is 5.78. The predicted octanol–water partition coefficient (Wildman–Crippen LogP) is 3.92. The van der Waals surface area contributed by atoms with Crippen LogP contribution in [0.15, 0.2) is 36.4 Å². The number of aryl methyl sites for hydroxylation is 2. The fourth-order valence-electron chi connectivity index (χ4n) is 1.91. The maximum Gasteiger partial charge on any atom is 0.150 e. The third-order valence-electron chi connectivity index (χ3n) is 2.80. The molecule has 0 aliphatic heterocycles. The highest BCUT2D eigenvalue weighted by Crippen LogP contribution is 2.27. The smallest absolute Gasteiger partial charge is 0.150 e. The molecule has 0 N–H and O–H groups in total. The number of benzene rings is 2. The Hall–Kier alpha value is -1.96. The van der Waals surface area contributed by atoms with E-state index in [9.17, 15) is 9.18 Å². The van der Waals surface area contributed by atoms with Crippen molar-refractivity contribution in [2.45, 2.75) is 13.8 Å². The Morgan fingerprint density at radius 1 is 1.00 bits per heavy atom. The number of halogens is 1. The number of hydrogen-bond donors (Lipinski definition) is 0. The van der Waals surface area contributed by atoms with E-state index in [-0.39, 0.29) is 5.82 Å². The van der Waals surface area contributed by atoms with Crippen molar-refractivity contribution >= 4 is 6.29 Å². The average molecular weight is 228 g/mol. The largest absolute Gasteiger partial charge is 0.298 e. The van der Waals surface area contributed by atoms with Gasteiger partial charge < -0.3 is 0 Å². The molecule has 0 aromatic heterocycles. The molecule has 0 aliphatic rings. The fraction of sp³-hybridized carbons (Fsp3) is 0.133. The Bertz CT molecular complexity index is 573. The number of carbonyl (C=O) groups is 1. The summed E-state index contributed by atoms with van der Waals surface area (Å²) >= 11 is 0. The van der Waals surface area contributed by atoms with Gasteiger partial charge in [0.2, 0.25) is 0 Å². The summed E-state index contributed by atoms with van der Waals surface area (Å²) in [5.41, 5.74) is 3.94. The molecule has 17 heavy (non-hydrogen) atoms. The van der Waals surface area contributed by atoms with Gasteiger partial charge in [-0.25, -0.2) is 4.39 Å². The summed E-state index contributed by atoms with van der Waals surface area (Å²) in [5, 5.41) is 0. The highest BCUT2D eigenvalue weighted by atomic mass is 19.1. The first-order valence-electron chi connectivity index (χ1n) is 5.44. The first kappa shape index (κ1) is 11.5. The Balaban J connectivity index is 2.60. The predicted molar refractivity (Wildman–Crippen MR) is 66.7 cm³/mol. The van der Waals surface area contributed by atoms with Crippen LogP contribution >= 0.6 is 0 Å². The quantitative estimate of drug-likeness (QED) is 0.712. The summed E-state index contributed by atoms with van der Waals surface area (Å²) < 4.78 is 13.7. The van der Waals surface area contributed by atoms with Gasteiger partial charge >= 0.3 is 0 Å². The van der Waals surface area contributed by atoms with E-state index in [0.717, 1.165) is 23.0 Å². The molecule has 0 spiro atoms. The highest BCUT2D eigenvalue weighted by Gasteiger charge is 2.08. The molecule has 0 fully saturated rings. The lowest BCUT2D eigenvalue weighted by Gasteiger charge is -2.08. The van der Waals surface area contributed by atoms with Crippen LogP contribution in [0, 0.1) is 19.7 Å². The molecule has 0 radical (unpaired) electrons. The van der Waals surface area contributed by atoms with Gasteiger partial charge in [-0.15, -0.1) is 0 Å². The van der Waals surface area contributed by atoms with E-state index in [0.29, 0.717) is 11.1 Å². The van der Waals surface area contributed by atoms with Gasteiger partial charge in [0, 0.05) is 11.1 Å². The summed E-state index contributed by atoms with van der Waals surface area (Å²) in [6.45, 7) is 3.81. The zero-order chi connectivity index (χ0) is 12.4. The van der Waals surface area contributed by atoms with Crippen LogP contribution in [0.5, 0.6) is 0 Å². The van der Waals surface area contributed by atoms with E-state index in [1.54, 1.807) is 24.3 Å². The molecule has 0 unspecified atom stereocenters. The van der Waals surface area contributed by atoms with Gasteiger partial charge in [0.25, 0.3) is 0 Å². The molecule has 2 heteroatoms. The van der Waals surface area contributed by atoms with Crippen LogP contribution in [0.3, 0.4) is 0 Å². The third kappa shape index (κ3) is 2.26. The van der Waals surface area contributed by atoms with E-state index in [2.05, 4.69) is 0 Å². The molecule has 0 heterocycles. The van der Waals surface area contributed by atoms with Gasteiger partial charge in [0.15, 0.2) is 0 Å². The average Bonchev–Trinajstić information content (AvgIpc) is 2.32. The lowest BCUT2D eigenvalue weighted by molar-refractivity contribution is 0.112. The minimum absolute atomic E-state index is 0.238. The molecule has 0 bridgehead atoms. The van der Waals surface area contributed by atoms with Crippen LogP contribution in [0.1, 0.15) is 21.5 Å². The van der Waals surface area contributed by atoms with Gasteiger partial charge in [-0.1, -0.05) is 23.8 Å². The molecule has 2 aromatic rings. The van der Waals surface area contributed by atoms with Crippen LogP contribution < -0.4 is 0 Å². The summed E-state index contributed by atoms with van der Waals surface area (Å²) in [7, 11) is 0. The summed E-state index contributed by atoms with van der Waals surface area (Å²) in [5.74, 6) is -0.238. The normalized spacial score (nSPS) is 10.3. The van der Waals surface area contributed by atoms with E-state index >= 15 is 0 Å². The Kier molecular flexibility index (Phi) is 3.05. The second-order valence-corrected chi connectivity index (χ2v) is 4.18. The molecule has 0 atom stereocenters. The van der Waals surface area contributed by atoms with Gasteiger partial charge in [-0.2, -0.15) is 0 Å². The van der Waals surface area contributed by atoms with E-state index in [4.69, 9.17) is 0 Å². The monoisotopic (exact) mass is 228 g/mol. The van der Waals surface area contributed by atoms with Gasteiger partial charge in [-0.3, -0.25) is 4.79 Å². The zero-order valence-corrected chi connectivity index (χ0v) is 9.83. The molecule has 0 saturated heterocycles. The lowest BCUT2D eigenvalue weighted by atomic mass is 9.97. The number of rotatable bonds is 2. The molecule has 0 amide bonds. The van der Waals surface area contributed by atoms with E-state index in [1.807, 2.05) is 19.9 Å². The van der Waals surface area contributed by atoms with Crippen molar-refractivity contribution in [3.63, 3.8) is 0 Å². The molecule has 0 aliphatic carbocycles. The maximum absolute atomic E-state index is 13.7. The first-order chi connectivity index (χ1) is 8.11. The first-order valence-corrected chi connectivity index (χ1v) is 5.44. The lowest BCUT2D eigenvalue weighted by Crippen LogP contribution is -1.90. The molecule has 2 rings (SSSR count). The number of carbonyl (C=O) groups excluding carboxylic acids is 1. The SMILES string of the molecule is Cc1ccc(F)c(-c2ccc(C=O)cc2C)c1. The van der Waals surface area contributed by atoms with Gasteiger partial charge in [-0.05, 0) is 43.2 Å². The van der Waals surface area contributed by atoms with Crippen molar-refractivity contribution in [2.75, 3.05) is 0 Å². The zero-order valence-electron chi connectivity index (χ0n) is 9.83. The fourth-order valence-corrected chi connectivity index (χ4v) is 1.91. The second kappa shape index (κ2) is 4.50. The van der Waals surface area contributed by atoms with Gasteiger partial charge in [0.05, 0.1) is 0 Å². The van der Waals surface area contributed by atoms with Crippen LogP contribution in [0.4, 0.5) is 4.39 Å². The second-order valence-electron chi connectivity index (χ2n) is 4.18. The van der Waals surface area contributed by atoms with Crippen molar-refractivity contribution in [1.29, 1.82) is 0 Å². The van der Waals surface area contributed by atoms with Crippen molar-refractivity contribution in [3.8, 4) is 11.1 Å². The van der Waals surface area contributed by atoms with E-state index < -0.39 is 0 Å². The number of hydrogen-bond acceptors (Lipinski definition) is 1. The number of aldehydes is 1. The summed E-state index contributed by atoms with van der Waals surface area (Å²) in [4.78, 5) is 10.7. The van der Waals surface area contributed by atoms with Crippen molar-refractivity contribution in [1.82, 2.24) is 0 Å². The molecule has 86 valence electrons. The molecular formula is C15H13FO. The summed E-state index contributed by atoms with van der Waals surface area (Å²) in [6, 6.07) is 10.3. The minimum atomic E-state index is -0.238. The Morgan fingerprint density at radius 3 is 2.41 bits per heavy atom. The third-order valence-corrected chi connectivity index (χ3v) is 2.80. The maximum atomic E-state index is 13.7. The van der Waals surface area contributed by atoms with Gasteiger partial charge in [0.1, 0.15) is 12.1 Å². The van der Waals surface area contributed by atoms with Crippen LogP contribution in [-0.2, 0) is 0 Å². The van der Waals surface area contributed by atoms with Crippen LogP contribution in [-0.4, -0.2) is 6.29 Å².